The number of sulfonamides is 1. The number of piperidine rings is 1. The molecule has 0 aromatic carbocycles. The van der Waals surface area contributed by atoms with Gasteiger partial charge in [-0.2, -0.15) is 0 Å². The number of likely N-dealkylation sites (tertiary alicyclic amines) is 1. The molecule has 0 saturated carbocycles. The van der Waals surface area contributed by atoms with Gasteiger partial charge in [-0.1, -0.05) is 6.92 Å². The Labute approximate surface area is 155 Å². The molecule has 1 saturated heterocycles. The van der Waals surface area contributed by atoms with Crippen LogP contribution in [0.2, 0.25) is 0 Å². The first-order valence-corrected chi connectivity index (χ1v) is 11.2. The average molecular weight is 384 g/mol. The molecular formula is C17H29N5O3S. The van der Waals surface area contributed by atoms with Gasteiger partial charge in [-0.15, -0.1) is 0 Å². The number of aromatic amines is 1. The van der Waals surface area contributed by atoms with E-state index in [1.54, 1.807) is 18.2 Å². The molecule has 0 radical (unpaired) electrons. The van der Waals surface area contributed by atoms with E-state index < -0.39 is 16.1 Å². The fourth-order valence-electron chi connectivity index (χ4n) is 4.41. The Morgan fingerprint density at radius 1 is 1.38 bits per heavy atom. The Morgan fingerprint density at radius 2 is 2.08 bits per heavy atom. The summed E-state index contributed by atoms with van der Waals surface area (Å²) in [6.07, 6.45) is 6.56. The lowest BCUT2D eigenvalue weighted by atomic mass is 9.78. The molecule has 0 aliphatic carbocycles. The molecule has 1 spiro atoms. The molecule has 2 aliphatic rings. The van der Waals surface area contributed by atoms with Crippen molar-refractivity contribution < 1.29 is 13.2 Å². The summed E-state index contributed by atoms with van der Waals surface area (Å²) >= 11 is 0. The van der Waals surface area contributed by atoms with E-state index >= 15 is 0 Å². The maximum absolute atomic E-state index is 12.6. The second-order valence-electron chi connectivity index (χ2n) is 7.44. The van der Waals surface area contributed by atoms with E-state index in [9.17, 15) is 13.2 Å². The van der Waals surface area contributed by atoms with Gasteiger partial charge >= 0.3 is 0 Å². The van der Waals surface area contributed by atoms with Crippen LogP contribution in [0.1, 0.15) is 44.5 Å². The Kier molecular flexibility index (Phi) is 5.41. The van der Waals surface area contributed by atoms with Crippen LogP contribution in [0.4, 0.5) is 0 Å². The summed E-state index contributed by atoms with van der Waals surface area (Å²) < 4.78 is 25.2. The fraction of sp³-hybridized carbons (Fsp3) is 0.765. The summed E-state index contributed by atoms with van der Waals surface area (Å²) in [6, 6.07) is -0.738. The predicted octanol–water partition coefficient (Wildman–Crippen LogP) is 0.433. The molecule has 0 unspecified atom stereocenters. The second kappa shape index (κ2) is 7.28. The van der Waals surface area contributed by atoms with E-state index in [2.05, 4.69) is 26.5 Å². The highest BCUT2D eigenvalue weighted by Crippen LogP contribution is 2.42. The van der Waals surface area contributed by atoms with Crippen molar-refractivity contribution >= 4 is 15.9 Å². The van der Waals surface area contributed by atoms with Gasteiger partial charge in [0.25, 0.3) is 0 Å². The molecule has 9 heteroatoms. The van der Waals surface area contributed by atoms with Crippen LogP contribution in [0, 0.1) is 0 Å². The minimum Gasteiger partial charge on any atom is -0.348 e. The van der Waals surface area contributed by atoms with E-state index in [0.29, 0.717) is 13.1 Å². The van der Waals surface area contributed by atoms with Gasteiger partial charge in [0.1, 0.15) is 0 Å². The number of rotatable bonds is 5. The normalized spacial score (nSPS) is 21.6. The number of carbonyl (C=O) groups is 1. The van der Waals surface area contributed by atoms with Crippen molar-refractivity contribution in [2.24, 2.45) is 0 Å². The van der Waals surface area contributed by atoms with Gasteiger partial charge in [-0.3, -0.25) is 9.69 Å². The number of H-pyrrole nitrogens is 1. The lowest BCUT2D eigenvalue weighted by Crippen LogP contribution is -2.58. The number of nitrogens with zero attached hydrogens (tertiary/aromatic N) is 3. The molecule has 2 N–H and O–H groups in total. The Hall–Kier alpha value is -1.45. The Balaban J connectivity index is 1.75. The summed E-state index contributed by atoms with van der Waals surface area (Å²) in [7, 11) is -3.40. The van der Waals surface area contributed by atoms with Gasteiger partial charge in [0.2, 0.25) is 15.9 Å². The lowest BCUT2D eigenvalue weighted by molar-refractivity contribution is -0.136. The molecule has 8 nitrogen and oxygen atoms in total. The molecule has 1 fully saturated rings. The summed E-state index contributed by atoms with van der Waals surface area (Å²) in [5.41, 5.74) is 2.23. The molecule has 3 heterocycles. The predicted molar refractivity (Wildman–Crippen MR) is 99.1 cm³/mol. The fourth-order valence-corrected chi connectivity index (χ4v) is 5.16. The number of hydrogen-bond acceptors (Lipinski definition) is 5. The average Bonchev–Trinajstić information content (AvgIpc) is 3.06. The van der Waals surface area contributed by atoms with Crippen molar-refractivity contribution in [3.63, 3.8) is 0 Å². The van der Waals surface area contributed by atoms with Gasteiger partial charge in [0.15, 0.2) is 0 Å². The van der Waals surface area contributed by atoms with E-state index in [1.807, 2.05) is 0 Å². The number of fused-ring (bicyclic) bond motifs is 2. The van der Waals surface area contributed by atoms with Gasteiger partial charge in [0, 0.05) is 31.7 Å². The molecule has 1 aromatic heterocycles. The molecule has 1 atom stereocenters. The van der Waals surface area contributed by atoms with Crippen molar-refractivity contribution in [3.8, 4) is 0 Å². The van der Waals surface area contributed by atoms with Crippen LogP contribution in [0.15, 0.2) is 6.33 Å². The summed E-state index contributed by atoms with van der Waals surface area (Å²) in [5.74, 6) is -0.162. The zero-order chi connectivity index (χ0) is 18.9. The lowest BCUT2D eigenvalue weighted by Gasteiger charge is -2.50. The highest BCUT2D eigenvalue weighted by atomic mass is 32.2. The SMILES string of the molecule is CCCN1CCc2[nH]cnc2C12CCN(C(=O)[C@@H](C)NS(C)(=O)=O)CC2. The van der Waals surface area contributed by atoms with Crippen molar-refractivity contribution in [1.82, 2.24) is 24.5 Å². The summed E-state index contributed by atoms with van der Waals surface area (Å²) in [5, 5.41) is 0. The van der Waals surface area contributed by atoms with Crippen LogP contribution < -0.4 is 4.72 Å². The molecule has 26 heavy (non-hydrogen) atoms. The number of nitrogens with one attached hydrogen (secondary N) is 2. The van der Waals surface area contributed by atoms with Gasteiger partial charge in [0.05, 0.1) is 29.9 Å². The first-order valence-electron chi connectivity index (χ1n) is 9.30. The third-order valence-corrected chi connectivity index (χ3v) is 6.33. The third-order valence-electron chi connectivity index (χ3n) is 5.55. The number of aromatic nitrogens is 2. The van der Waals surface area contributed by atoms with Crippen molar-refractivity contribution in [2.45, 2.75) is 51.1 Å². The van der Waals surface area contributed by atoms with Crippen LogP contribution in [-0.4, -0.2) is 72.6 Å². The highest BCUT2D eigenvalue weighted by molar-refractivity contribution is 7.88. The smallest absolute Gasteiger partial charge is 0.240 e. The van der Waals surface area contributed by atoms with Gasteiger partial charge in [-0.25, -0.2) is 18.1 Å². The monoisotopic (exact) mass is 383 g/mol. The van der Waals surface area contributed by atoms with Gasteiger partial charge in [-0.05, 0) is 32.7 Å². The van der Waals surface area contributed by atoms with E-state index in [1.165, 1.54) is 5.69 Å². The molecule has 0 bridgehead atoms. The highest BCUT2D eigenvalue weighted by Gasteiger charge is 2.47. The summed E-state index contributed by atoms with van der Waals surface area (Å²) in [6.45, 7) is 7.03. The van der Waals surface area contributed by atoms with Crippen molar-refractivity contribution in [1.29, 1.82) is 0 Å². The van der Waals surface area contributed by atoms with Crippen molar-refractivity contribution in [2.75, 3.05) is 32.4 Å². The standard InChI is InChI=1S/C17H29N5O3S/c1-4-8-22-9-5-14-15(19-12-18-14)17(22)6-10-21(11-7-17)16(23)13(2)20-26(3,24)25/h12-13,20H,4-11H2,1-3H3,(H,18,19)/t13-/m1/s1. The van der Waals surface area contributed by atoms with Crippen molar-refractivity contribution in [3.05, 3.63) is 17.7 Å². The van der Waals surface area contributed by atoms with Crippen LogP contribution >= 0.6 is 0 Å². The Bertz CT molecular complexity index is 752. The summed E-state index contributed by atoms with van der Waals surface area (Å²) in [4.78, 5) is 24.8. The molecule has 1 amide bonds. The topological polar surface area (TPSA) is 98.4 Å². The quantitative estimate of drug-likeness (QED) is 0.768. The molecule has 2 aliphatic heterocycles. The molecule has 146 valence electrons. The largest absolute Gasteiger partial charge is 0.348 e. The molecule has 1 aromatic rings. The number of hydrogen-bond donors (Lipinski definition) is 2. The zero-order valence-electron chi connectivity index (χ0n) is 15.8. The van der Waals surface area contributed by atoms with Crippen LogP contribution in [0.5, 0.6) is 0 Å². The van der Waals surface area contributed by atoms with Gasteiger partial charge < -0.3 is 9.88 Å². The van der Waals surface area contributed by atoms with E-state index in [4.69, 9.17) is 0 Å². The number of carbonyl (C=O) groups excluding carboxylic acids is 1. The van der Waals surface area contributed by atoms with Crippen LogP contribution in [0.3, 0.4) is 0 Å². The second-order valence-corrected chi connectivity index (χ2v) is 9.22. The first kappa shape index (κ1) is 19.3. The molecule has 3 rings (SSSR count). The maximum Gasteiger partial charge on any atom is 0.240 e. The van der Waals surface area contributed by atoms with Crippen LogP contribution in [0.25, 0.3) is 0 Å². The number of amides is 1. The minimum absolute atomic E-state index is 0.117. The minimum atomic E-state index is -3.40. The molecular weight excluding hydrogens is 354 g/mol. The maximum atomic E-state index is 12.6. The van der Waals surface area contributed by atoms with E-state index in [0.717, 1.165) is 50.7 Å². The van der Waals surface area contributed by atoms with E-state index in [-0.39, 0.29) is 11.4 Å². The first-order chi connectivity index (χ1) is 12.3. The zero-order valence-corrected chi connectivity index (χ0v) is 16.6. The van der Waals surface area contributed by atoms with Crippen LogP contribution in [-0.2, 0) is 26.8 Å². The number of imidazole rings is 1. The Morgan fingerprint density at radius 3 is 2.69 bits per heavy atom. The third kappa shape index (κ3) is 3.65.